The van der Waals surface area contributed by atoms with Gasteiger partial charge in [0.1, 0.15) is 5.82 Å². The molecule has 1 aromatic heterocycles. The molecule has 0 saturated carbocycles. The van der Waals surface area contributed by atoms with Crippen LogP contribution in [-0.4, -0.2) is 18.1 Å². The van der Waals surface area contributed by atoms with Crippen LogP contribution in [0.15, 0.2) is 35.8 Å². The van der Waals surface area contributed by atoms with Gasteiger partial charge in [0.05, 0.1) is 5.01 Å². The van der Waals surface area contributed by atoms with Crippen LogP contribution < -0.4 is 5.32 Å². The minimum Gasteiger partial charge on any atom is -0.316 e. The summed E-state index contributed by atoms with van der Waals surface area (Å²) in [7, 11) is 0. The molecule has 0 fully saturated rings. The zero-order chi connectivity index (χ0) is 12.8. The monoisotopic (exact) mass is 264 g/mol. The molecule has 0 bridgehead atoms. The number of hydrogen-bond donors (Lipinski definition) is 1. The average Bonchev–Trinajstić information content (AvgIpc) is 2.88. The highest BCUT2D eigenvalue weighted by Gasteiger charge is 2.13. The Morgan fingerprint density at radius 2 is 2.11 bits per heavy atom. The highest BCUT2D eigenvalue weighted by Crippen LogP contribution is 2.21. The van der Waals surface area contributed by atoms with Gasteiger partial charge in [0.15, 0.2) is 0 Å². The minimum atomic E-state index is -0.185. The van der Waals surface area contributed by atoms with Crippen molar-refractivity contribution in [2.75, 3.05) is 13.1 Å². The molecular formula is C14H17FN2S. The fourth-order valence-corrected chi connectivity index (χ4v) is 2.62. The average molecular weight is 264 g/mol. The van der Waals surface area contributed by atoms with Gasteiger partial charge in [0.2, 0.25) is 0 Å². The van der Waals surface area contributed by atoms with Crippen LogP contribution in [-0.2, 0) is 6.42 Å². The van der Waals surface area contributed by atoms with Gasteiger partial charge >= 0.3 is 0 Å². The maximum absolute atomic E-state index is 13.0. The first kappa shape index (κ1) is 13.2. The maximum Gasteiger partial charge on any atom is 0.123 e. The summed E-state index contributed by atoms with van der Waals surface area (Å²) in [6, 6.07) is 6.78. The number of likely N-dealkylation sites (N-methyl/N-ethyl adjacent to an activating group) is 1. The van der Waals surface area contributed by atoms with Crippen LogP contribution in [0, 0.1) is 5.82 Å². The summed E-state index contributed by atoms with van der Waals surface area (Å²) in [5.41, 5.74) is 1.16. The number of rotatable bonds is 6. The molecule has 0 aliphatic rings. The van der Waals surface area contributed by atoms with Crippen molar-refractivity contribution < 1.29 is 4.39 Å². The molecule has 1 N–H and O–H groups in total. The van der Waals surface area contributed by atoms with E-state index in [4.69, 9.17) is 0 Å². The van der Waals surface area contributed by atoms with E-state index in [1.54, 1.807) is 11.3 Å². The first-order chi connectivity index (χ1) is 8.79. The second-order valence-corrected chi connectivity index (χ2v) is 5.17. The second-order valence-electron chi connectivity index (χ2n) is 4.19. The molecule has 2 nitrogen and oxygen atoms in total. The summed E-state index contributed by atoms with van der Waals surface area (Å²) in [6.45, 7) is 3.92. The number of thiazole rings is 1. The predicted molar refractivity (Wildman–Crippen MR) is 73.5 cm³/mol. The summed E-state index contributed by atoms with van der Waals surface area (Å²) >= 11 is 1.67. The van der Waals surface area contributed by atoms with Gasteiger partial charge in [0.25, 0.3) is 0 Å². The van der Waals surface area contributed by atoms with Crippen molar-refractivity contribution in [3.05, 3.63) is 52.2 Å². The Morgan fingerprint density at radius 1 is 1.33 bits per heavy atom. The normalized spacial score (nSPS) is 12.6. The van der Waals surface area contributed by atoms with Crippen molar-refractivity contribution in [2.24, 2.45) is 0 Å². The first-order valence-electron chi connectivity index (χ1n) is 6.14. The van der Waals surface area contributed by atoms with Crippen molar-refractivity contribution in [1.29, 1.82) is 0 Å². The number of benzene rings is 1. The standard InChI is InChI=1S/C14H17FN2S/c1-2-16-10-12(9-14-17-7-8-18-14)11-3-5-13(15)6-4-11/h3-8,12,16H,2,9-10H2,1H3. The molecule has 1 aromatic carbocycles. The Labute approximate surface area is 111 Å². The van der Waals surface area contributed by atoms with Gasteiger partial charge in [-0.05, 0) is 24.2 Å². The summed E-state index contributed by atoms with van der Waals surface area (Å²) < 4.78 is 13.0. The largest absolute Gasteiger partial charge is 0.316 e. The fourth-order valence-electron chi connectivity index (χ4n) is 1.93. The van der Waals surface area contributed by atoms with Gasteiger partial charge in [0, 0.05) is 30.5 Å². The molecule has 1 unspecified atom stereocenters. The van der Waals surface area contributed by atoms with Crippen molar-refractivity contribution in [3.63, 3.8) is 0 Å². The number of nitrogens with one attached hydrogen (secondary N) is 1. The molecule has 0 aliphatic carbocycles. The van der Waals surface area contributed by atoms with E-state index in [0.717, 1.165) is 30.1 Å². The van der Waals surface area contributed by atoms with E-state index in [2.05, 4.69) is 17.2 Å². The van der Waals surface area contributed by atoms with Crippen molar-refractivity contribution >= 4 is 11.3 Å². The lowest BCUT2D eigenvalue weighted by atomic mass is 9.96. The Bertz CT molecular complexity index is 453. The molecule has 1 heterocycles. The second kappa shape index (κ2) is 6.61. The lowest BCUT2D eigenvalue weighted by Crippen LogP contribution is -2.22. The molecule has 2 rings (SSSR count). The number of hydrogen-bond acceptors (Lipinski definition) is 3. The third-order valence-electron chi connectivity index (χ3n) is 2.89. The van der Waals surface area contributed by atoms with Gasteiger partial charge in [-0.2, -0.15) is 0 Å². The van der Waals surface area contributed by atoms with Gasteiger partial charge in [-0.1, -0.05) is 19.1 Å². The van der Waals surface area contributed by atoms with E-state index < -0.39 is 0 Å². The highest BCUT2D eigenvalue weighted by atomic mass is 32.1. The zero-order valence-corrected chi connectivity index (χ0v) is 11.2. The van der Waals surface area contributed by atoms with Crippen molar-refractivity contribution in [1.82, 2.24) is 10.3 Å². The Kier molecular flexibility index (Phi) is 4.84. The summed E-state index contributed by atoms with van der Waals surface area (Å²) in [6.07, 6.45) is 2.73. The molecule has 0 aliphatic heterocycles. The first-order valence-corrected chi connectivity index (χ1v) is 7.02. The van der Waals surface area contributed by atoms with Crippen LogP contribution in [0.5, 0.6) is 0 Å². The molecular weight excluding hydrogens is 247 g/mol. The Morgan fingerprint density at radius 3 is 2.72 bits per heavy atom. The lowest BCUT2D eigenvalue weighted by molar-refractivity contribution is 0.589. The predicted octanol–water partition coefficient (Wildman–Crippen LogP) is 3.22. The quantitative estimate of drug-likeness (QED) is 0.866. The van der Waals surface area contributed by atoms with Crippen LogP contribution in [0.25, 0.3) is 0 Å². The molecule has 0 saturated heterocycles. The van der Waals surface area contributed by atoms with E-state index in [9.17, 15) is 4.39 Å². The number of nitrogens with zero attached hydrogens (tertiary/aromatic N) is 1. The molecule has 2 aromatic rings. The SMILES string of the molecule is CCNCC(Cc1nccs1)c1ccc(F)cc1. The van der Waals surface area contributed by atoms with Gasteiger partial charge in [-0.15, -0.1) is 11.3 Å². The van der Waals surface area contributed by atoms with Crippen LogP contribution in [0.2, 0.25) is 0 Å². The number of aromatic nitrogens is 1. The van der Waals surface area contributed by atoms with Crippen molar-refractivity contribution in [2.45, 2.75) is 19.3 Å². The smallest absolute Gasteiger partial charge is 0.123 e. The van der Waals surface area contributed by atoms with E-state index >= 15 is 0 Å². The number of halogens is 1. The lowest BCUT2D eigenvalue weighted by Gasteiger charge is -2.16. The minimum absolute atomic E-state index is 0.185. The third-order valence-corrected chi connectivity index (χ3v) is 3.69. The molecule has 0 amide bonds. The molecule has 0 spiro atoms. The van der Waals surface area contributed by atoms with Gasteiger partial charge < -0.3 is 5.32 Å². The highest BCUT2D eigenvalue weighted by molar-refractivity contribution is 7.09. The maximum atomic E-state index is 13.0. The van der Waals surface area contributed by atoms with Crippen molar-refractivity contribution in [3.8, 4) is 0 Å². The fraction of sp³-hybridized carbons (Fsp3) is 0.357. The van der Waals surface area contributed by atoms with Gasteiger partial charge in [-0.25, -0.2) is 9.37 Å². The summed E-state index contributed by atoms with van der Waals surface area (Å²) in [5, 5.41) is 6.47. The molecule has 1 atom stereocenters. The van der Waals surface area contributed by atoms with E-state index in [1.807, 2.05) is 23.7 Å². The third kappa shape index (κ3) is 3.62. The summed E-state index contributed by atoms with van der Waals surface area (Å²) in [4.78, 5) is 4.32. The van der Waals surface area contributed by atoms with E-state index in [1.165, 1.54) is 12.1 Å². The van der Waals surface area contributed by atoms with E-state index in [0.29, 0.717) is 5.92 Å². The topological polar surface area (TPSA) is 24.9 Å². The van der Waals surface area contributed by atoms with Gasteiger partial charge in [-0.3, -0.25) is 0 Å². The molecule has 0 radical (unpaired) electrons. The Hall–Kier alpha value is -1.26. The van der Waals surface area contributed by atoms with Crippen LogP contribution in [0.1, 0.15) is 23.4 Å². The van der Waals surface area contributed by atoms with Crippen LogP contribution in [0.4, 0.5) is 4.39 Å². The van der Waals surface area contributed by atoms with E-state index in [-0.39, 0.29) is 5.82 Å². The molecule has 18 heavy (non-hydrogen) atoms. The Balaban J connectivity index is 2.11. The molecule has 4 heteroatoms. The van der Waals surface area contributed by atoms with Crippen LogP contribution in [0.3, 0.4) is 0 Å². The molecule has 96 valence electrons. The zero-order valence-electron chi connectivity index (χ0n) is 10.4. The van der Waals surface area contributed by atoms with Crippen LogP contribution >= 0.6 is 11.3 Å². The summed E-state index contributed by atoms with van der Waals surface area (Å²) in [5.74, 6) is 0.159.